The molecule has 0 fully saturated rings. The molecule has 0 radical (unpaired) electrons. The summed E-state index contributed by atoms with van der Waals surface area (Å²) in [5, 5.41) is 0. The minimum Gasteiger partial charge on any atom is -0.495 e. The van der Waals surface area contributed by atoms with Crippen molar-refractivity contribution in [2.45, 2.75) is 31.2 Å². The molecule has 0 spiro atoms. The average Bonchev–Trinajstić information content (AvgIpc) is 2.66. The summed E-state index contributed by atoms with van der Waals surface area (Å²) in [4.78, 5) is 12.2. The molecule has 0 amide bonds. The van der Waals surface area contributed by atoms with Gasteiger partial charge in [0, 0.05) is 0 Å². The van der Waals surface area contributed by atoms with E-state index in [1.807, 2.05) is 13.8 Å². The molecule has 0 aliphatic carbocycles. The number of sulfonamides is 1. The van der Waals surface area contributed by atoms with Gasteiger partial charge in [-0.25, -0.2) is 17.6 Å². The Morgan fingerprint density at radius 1 is 1.14 bits per heavy atom. The van der Waals surface area contributed by atoms with Crippen molar-refractivity contribution >= 4 is 16.0 Å². The first-order valence-corrected chi connectivity index (χ1v) is 10.3. The number of halogens is 1. The van der Waals surface area contributed by atoms with Crippen LogP contribution in [0.15, 0.2) is 53.4 Å². The number of nitrogens with one attached hydrogen (secondary N) is 1. The fourth-order valence-electron chi connectivity index (χ4n) is 2.46. The summed E-state index contributed by atoms with van der Waals surface area (Å²) < 4.78 is 52.0. The van der Waals surface area contributed by atoms with Gasteiger partial charge in [-0.2, -0.15) is 4.72 Å². The molecule has 1 N–H and O–H groups in total. The number of ether oxygens (including phenoxy) is 2. The highest BCUT2D eigenvalue weighted by Gasteiger charge is 2.30. The zero-order valence-electron chi connectivity index (χ0n) is 16.0. The number of methoxy groups -OCH3 is 1. The Hall–Kier alpha value is -2.45. The van der Waals surface area contributed by atoms with Crippen LogP contribution < -0.4 is 9.46 Å². The van der Waals surface area contributed by atoms with E-state index in [2.05, 4.69) is 4.72 Å². The lowest BCUT2D eigenvalue weighted by atomic mass is 10.1. The van der Waals surface area contributed by atoms with E-state index in [0.717, 1.165) is 12.1 Å². The Morgan fingerprint density at radius 2 is 1.82 bits per heavy atom. The van der Waals surface area contributed by atoms with Crippen LogP contribution in [0.25, 0.3) is 0 Å². The van der Waals surface area contributed by atoms with Crippen molar-refractivity contribution in [3.05, 3.63) is 59.9 Å². The molecule has 0 bridgehead atoms. The number of rotatable bonds is 9. The fourth-order valence-corrected chi connectivity index (χ4v) is 3.81. The lowest BCUT2D eigenvalue weighted by molar-refractivity contribution is -0.146. The van der Waals surface area contributed by atoms with E-state index < -0.39 is 32.7 Å². The lowest BCUT2D eigenvalue weighted by Crippen LogP contribution is -2.35. The number of carbonyl (C=O) groups is 1. The number of benzene rings is 2. The minimum absolute atomic E-state index is 0.0334. The summed E-state index contributed by atoms with van der Waals surface area (Å²) in [5.74, 6) is -1.17. The van der Waals surface area contributed by atoms with Crippen molar-refractivity contribution < 1.29 is 27.1 Å². The van der Waals surface area contributed by atoms with Crippen LogP contribution in [0.1, 0.15) is 31.9 Å². The third-order valence-electron chi connectivity index (χ3n) is 4.00. The topological polar surface area (TPSA) is 81.7 Å². The second-order valence-electron chi connectivity index (χ2n) is 6.61. The van der Waals surface area contributed by atoms with Crippen LogP contribution in [-0.2, 0) is 19.6 Å². The van der Waals surface area contributed by atoms with Crippen LogP contribution >= 0.6 is 0 Å². The number of carbonyl (C=O) groups excluding carboxylic acids is 1. The van der Waals surface area contributed by atoms with Crippen LogP contribution in [0.2, 0.25) is 0 Å². The molecule has 152 valence electrons. The second kappa shape index (κ2) is 9.66. The van der Waals surface area contributed by atoms with Gasteiger partial charge in [0.2, 0.25) is 10.0 Å². The quantitative estimate of drug-likeness (QED) is 0.642. The number of hydrogen-bond acceptors (Lipinski definition) is 5. The molecule has 0 saturated carbocycles. The molecular formula is C20H24FNO5S. The van der Waals surface area contributed by atoms with Crippen molar-refractivity contribution in [3.63, 3.8) is 0 Å². The monoisotopic (exact) mass is 409 g/mol. The van der Waals surface area contributed by atoms with Gasteiger partial charge in [0.25, 0.3) is 0 Å². The van der Waals surface area contributed by atoms with E-state index in [1.165, 1.54) is 13.2 Å². The van der Waals surface area contributed by atoms with Crippen molar-refractivity contribution in [1.82, 2.24) is 4.72 Å². The Balaban J connectivity index is 2.34. The normalized spacial score (nSPS) is 12.6. The summed E-state index contributed by atoms with van der Waals surface area (Å²) in [6.45, 7) is 4.15. The van der Waals surface area contributed by atoms with Crippen molar-refractivity contribution in [2.75, 3.05) is 13.7 Å². The van der Waals surface area contributed by atoms with Gasteiger partial charge in [-0.1, -0.05) is 44.2 Å². The molecule has 8 heteroatoms. The van der Waals surface area contributed by atoms with E-state index in [4.69, 9.17) is 9.47 Å². The molecule has 1 atom stereocenters. The molecule has 2 rings (SSSR count). The highest BCUT2D eigenvalue weighted by atomic mass is 32.2. The van der Waals surface area contributed by atoms with Gasteiger partial charge in [0.05, 0.1) is 13.7 Å². The highest BCUT2D eigenvalue weighted by Crippen LogP contribution is 2.26. The standard InChI is InChI=1S/C20H24FNO5S/c1-14(2)11-12-27-20(23)19(15-7-5-4-6-8-15)22-28(24,25)18-13-16(21)9-10-17(18)26-3/h4-10,13-14,19,22H,11-12H2,1-3H3/t19-/m0/s1. The van der Waals surface area contributed by atoms with Gasteiger partial charge in [-0.3, -0.25) is 0 Å². The first-order valence-electron chi connectivity index (χ1n) is 8.82. The smallest absolute Gasteiger partial charge is 0.328 e. The van der Waals surface area contributed by atoms with Crippen molar-refractivity contribution in [1.29, 1.82) is 0 Å². The van der Waals surface area contributed by atoms with E-state index in [-0.39, 0.29) is 12.4 Å². The summed E-state index contributed by atoms with van der Waals surface area (Å²) in [7, 11) is -3.00. The van der Waals surface area contributed by atoms with Gasteiger partial charge in [0.1, 0.15) is 22.5 Å². The van der Waals surface area contributed by atoms with Crippen molar-refractivity contribution in [3.8, 4) is 5.75 Å². The summed E-state index contributed by atoms with van der Waals surface area (Å²) >= 11 is 0. The molecule has 0 unspecified atom stereocenters. The van der Waals surface area contributed by atoms with E-state index >= 15 is 0 Å². The van der Waals surface area contributed by atoms with Gasteiger partial charge >= 0.3 is 5.97 Å². The third-order valence-corrected chi connectivity index (χ3v) is 5.44. The maximum absolute atomic E-state index is 13.6. The predicted molar refractivity (Wildman–Crippen MR) is 103 cm³/mol. The summed E-state index contributed by atoms with van der Waals surface area (Å²) in [5.41, 5.74) is 0.413. The van der Waals surface area contributed by atoms with Crippen molar-refractivity contribution in [2.24, 2.45) is 5.92 Å². The van der Waals surface area contributed by atoms with Crippen LogP contribution in [0.5, 0.6) is 5.75 Å². The Kier molecular flexibility index (Phi) is 7.53. The highest BCUT2D eigenvalue weighted by molar-refractivity contribution is 7.89. The van der Waals surface area contributed by atoms with Gasteiger partial charge in [-0.15, -0.1) is 0 Å². The number of hydrogen-bond donors (Lipinski definition) is 1. The average molecular weight is 409 g/mol. The Morgan fingerprint density at radius 3 is 2.43 bits per heavy atom. The molecule has 2 aromatic carbocycles. The Labute approximate surface area is 164 Å². The van der Waals surface area contributed by atoms with Gasteiger partial charge in [-0.05, 0) is 36.1 Å². The lowest BCUT2D eigenvalue weighted by Gasteiger charge is -2.19. The minimum atomic E-state index is -4.28. The molecule has 0 aliphatic rings. The molecule has 0 saturated heterocycles. The SMILES string of the molecule is COc1ccc(F)cc1S(=O)(=O)N[C@H](C(=O)OCCC(C)C)c1ccccc1. The molecule has 6 nitrogen and oxygen atoms in total. The van der Waals surface area contributed by atoms with E-state index in [0.29, 0.717) is 17.9 Å². The summed E-state index contributed by atoms with van der Waals surface area (Å²) in [6, 6.07) is 10.2. The molecule has 0 heterocycles. The molecule has 0 aromatic heterocycles. The third kappa shape index (κ3) is 5.77. The zero-order valence-corrected chi connectivity index (χ0v) is 16.8. The maximum Gasteiger partial charge on any atom is 0.328 e. The Bertz CT molecular complexity index is 900. The van der Waals surface area contributed by atoms with Crippen LogP contribution in [0.4, 0.5) is 4.39 Å². The zero-order chi connectivity index (χ0) is 20.7. The van der Waals surface area contributed by atoms with E-state index in [9.17, 15) is 17.6 Å². The maximum atomic E-state index is 13.6. The van der Waals surface area contributed by atoms with Gasteiger partial charge in [0.15, 0.2) is 0 Å². The number of esters is 1. The molecule has 2 aromatic rings. The van der Waals surface area contributed by atoms with Crippen LogP contribution in [0, 0.1) is 11.7 Å². The van der Waals surface area contributed by atoms with E-state index in [1.54, 1.807) is 30.3 Å². The van der Waals surface area contributed by atoms with Crippen LogP contribution in [0.3, 0.4) is 0 Å². The fraction of sp³-hybridized carbons (Fsp3) is 0.350. The predicted octanol–water partition coefficient (Wildman–Crippen LogP) is 3.44. The van der Waals surface area contributed by atoms with Crippen LogP contribution in [-0.4, -0.2) is 28.1 Å². The molecule has 0 aliphatic heterocycles. The molecular weight excluding hydrogens is 385 g/mol. The first-order chi connectivity index (χ1) is 13.2. The molecule has 28 heavy (non-hydrogen) atoms. The largest absolute Gasteiger partial charge is 0.495 e. The first kappa shape index (κ1) is 21.8. The summed E-state index contributed by atoms with van der Waals surface area (Å²) in [6.07, 6.45) is 0.651. The van der Waals surface area contributed by atoms with Gasteiger partial charge < -0.3 is 9.47 Å². The second-order valence-corrected chi connectivity index (χ2v) is 8.29.